The lowest BCUT2D eigenvalue weighted by molar-refractivity contribution is -0.123. The molecule has 2 aromatic rings. The van der Waals surface area contributed by atoms with Crippen LogP contribution in [0, 0.1) is 6.92 Å². The van der Waals surface area contributed by atoms with Crippen molar-refractivity contribution in [2.45, 2.75) is 6.92 Å². The van der Waals surface area contributed by atoms with Crippen molar-refractivity contribution < 1.29 is 19.0 Å². The SMILES string of the molecule is COc1ccc(/C=N/NC(=O)COc2ccc(Cl)c(C)c2)cc1OC. The summed E-state index contributed by atoms with van der Waals surface area (Å²) in [6, 6.07) is 10.5. The summed E-state index contributed by atoms with van der Waals surface area (Å²) in [5.41, 5.74) is 4.04. The first-order valence-corrected chi connectivity index (χ1v) is 7.84. The quantitative estimate of drug-likeness (QED) is 0.606. The van der Waals surface area contributed by atoms with Crippen molar-refractivity contribution in [1.29, 1.82) is 0 Å². The lowest BCUT2D eigenvalue weighted by atomic mass is 10.2. The van der Waals surface area contributed by atoms with Crippen LogP contribution in [-0.4, -0.2) is 32.9 Å². The van der Waals surface area contributed by atoms with Crippen LogP contribution in [0.1, 0.15) is 11.1 Å². The number of nitrogens with zero attached hydrogens (tertiary/aromatic N) is 1. The Bertz CT molecular complexity index is 778. The summed E-state index contributed by atoms with van der Waals surface area (Å²) in [5.74, 6) is 1.40. The van der Waals surface area contributed by atoms with Gasteiger partial charge in [0.2, 0.25) is 0 Å². The fourth-order valence-electron chi connectivity index (χ4n) is 2.00. The van der Waals surface area contributed by atoms with Gasteiger partial charge in [0.1, 0.15) is 5.75 Å². The molecule has 0 fully saturated rings. The normalized spacial score (nSPS) is 10.6. The number of hydrogen-bond donors (Lipinski definition) is 1. The van der Waals surface area contributed by atoms with E-state index in [2.05, 4.69) is 10.5 Å². The van der Waals surface area contributed by atoms with E-state index in [9.17, 15) is 4.79 Å². The molecule has 0 spiro atoms. The first-order valence-electron chi connectivity index (χ1n) is 7.46. The molecule has 1 amide bonds. The Balaban J connectivity index is 1.86. The van der Waals surface area contributed by atoms with E-state index in [-0.39, 0.29) is 12.5 Å². The Morgan fingerprint density at radius 2 is 1.92 bits per heavy atom. The van der Waals surface area contributed by atoms with E-state index < -0.39 is 0 Å². The number of benzene rings is 2. The molecule has 0 atom stereocenters. The molecule has 0 heterocycles. The van der Waals surface area contributed by atoms with Crippen LogP contribution in [-0.2, 0) is 4.79 Å². The maximum absolute atomic E-state index is 11.8. The molecule has 7 heteroatoms. The van der Waals surface area contributed by atoms with Gasteiger partial charge in [0, 0.05) is 5.02 Å². The number of halogens is 1. The first kappa shape index (κ1) is 18.6. The van der Waals surface area contributed by atoms with Gasteiger partial charge in [-0.15, -0.1) is 0 Å². The lowest BCUT2D eigenvalue weighted by Crippen LogP contribution is -2.24. The van der Waals surface area contributed by atoms with E-state index in [1.807, 2.05) is 6.92 Å². The van der Waals surface area contributed by atoms with Gasteiger partial charge in [-0.25, -0.2) is 5.43 Å². The van der Waals surface area contributed by atoms with Gasteiger partial charge in [0.25, 0.3) is 5.91 Å². The van der Waals surface area contributed by atoms with Gasteiger partial charge in [-0.05, 0) is 54.4 Å². The molecule has 0 aliphatic carbocycles. The van der Waals surface area contributed by atoms with Crippen LogP contribution in [0.3, 0.4) is 0 Å². The van der Waals surface area contributed by atoms with Crippen LogP contribution >= 0.6 is 11.6 Å². The third kappa shape index (κ3) is 5.39. The van der Waals surface area contributed by atoms with E-state index in [4.69, 9.17) is 25.8 Å². The molecule has 25 heavy (non-hydrogen) atoms. The second-order valence-electron chi connectivity index (χ2n) is 5.11. The molecule has 6 nitrogen and oxygen atoms in total. The van der Waals surface area contributed by atoms with Crippen molar-refractivity contribution in [2.75, 3.05) is 20.8 Å². The molecule has 0 aromatic heterocycles. The highest BCUT2D eigenvalue weighted by atomic mass is 35.5. The molecule has 0 aliphatic rings. The maximum Gasteiger partial charge on any atom is 0.277 e. The van der Waals surface area contributed by atoms with E-state index in [0.717, 1.165) is 11.1 Å². The molecule has 2 aromatic carbocycles. The molecular weight excluding hydrogens is 344 g/mol. The molecular formula is C18H19ClN2O4. The van der Waals surface area contributed by atoms with E-state index >= 15 is 0 Å². The molecule has 0 saturated heterocycles. The molecule has 1 N–H and O–H groups in total. The van der Waals surface area contributed by atoms with Crippen molar-refractivity contribution in [3.8, 4) is 17.2 Å². The van der Waals surface area contributed by atoms with Gasteiger partial charge in [-0.1, -0.05) is 11.6 Å². The highest BCUT2D eigenvalue weighted by molar-refractivity contribution is 6.31. The number of carbonyl (C=O) groups excluding carboxylic acids is 1. The van der Waals surface area contributed by atoms with Crippen LogP contribution in [0.2, 0.25) is 5.02 Å². The van der Waals surface area contributed by atoms with Gasteiger partial charge in [0.15, 0.2) is 18.1 Å². The molecule has 132 valence electrons. The predicted molar refractivity (Wildman–Crippen MR) is 97.0 cm³/mol. The number of hydrogen-bond acceptors (Lipinski definition) is 5. The third-order valence-electron chi connectivity index (χ3n) is 3.31. The van der Waals surface area contributed by atoms with Crippen LogP contribution in [0.4, 0.5) is 0 Å². The monoisotopic (exact) mass is 362 g/mol. The van der Waals surface area contributed by atoms with E-state index in [1.165, 1.54) is 6.21 Å². The van der Waals surface area contributed by atoms with Crippen molar-refractivity contribution in [3.63, 3.8) is 0 Å². The standard InChI is InChI=1S/C18H19ClN2O4/c1-12-8-14(5-6-15(12)19)25-11-18(22)21-20-10-13-4-7-16(23-2)17(9-13)24-3/h4-10H,11H2,1-3H3,(H,21,22)/b20-10+. The minimum atomic E-state index is -0.371. The summed E-state index contributed by atoms with van der Waals surface area (Å²) in [7, 11) is 3.12. The fraction of sp³-hybridized carbons (Fsp3) is 0.222. The lowest BCUT2D eigenvalue weighted by Gasteiger charge is -2.08. The number of carbonyl (C=O) groups is 1. The largest absolute Gasteiger partial charge is 0.493 e. The molecule has 0 aliphatic heterocycles. The molecule has 2 rings (SSSR count). The minimum absolute atomic E-state index is 0.148. The van der Waals surface area contributed by atoms with Crippen molar-refractivity contribution in [1.82, 2.24) is 5.43 Å². The Morgan fingerprint density at radius 1 is 1.16 bits per heavy atom. The first-order chi connectivity index (χ1) is 12.0. The van der Waals surface area contributed by atoms with Gasteiger partial charge in [-0.2, -0.15) is 5.10 Å². The van der Waals surface area contributed by atoms with Gasteiger partial charge >= 0.3 is 0 Å². The van der Waals surface area contributed by atoms with Crippen LogP contribution in [0.15, 0.2) is 41.5 Å². The van der Waals surface area contributed by atoms with E-state index in [1.54, 1.807) is 50.6 Å². The summed E-state index contributed by atoms with van der Waals surface area (Å²) >= 11 is 5.94. The molecule has 0 unspecified atom stereocenters. The van der Waals surface area contributed by atoms with Crippen LogP contribution < -0.4 is 19.6 Å². The average molecular weight is 363 g/mol. The number of ether oxygens (including phenoxy) is 3. The average Bonchev–Trinajstić information content (AvgIpc) is 2.62. The minimum Gasteiger partial charge on any atom is -0.493 e. The summed E-state index contributed by atoms with van der Waals surface area (Å²) in [5, 5.41) is 4.54. The highest BCUT2D eigenvalue weighted by Gasteiger charge is 2.05. The third-order valence-corrected chi connectivity index (χ3v) is 3.73. The number of nitrogens with one attached hydrogen (secondary N) is 1. The summed E-state index contributed by atoms with van der Waals surface area (Å²) < 4.78 is 15.8. The Labute approximate surface area is 151 Å². The van der Waals surface area contributed by atoms with Crippen molar-refractivity contribution in [2.24, 2.45) is 5.10 Å². The highest BCUT2D eigenvalue weighted by Crippen LogP contribution is 2.26. The topological polar surface area (TPSA) is 69.2 Å². The number of hydrazone groups is 1. The second kappa shape index (κ2) is 8.94. The summed E-state index contributed by atoms with van der Waals surface area (Å²) in [4.78, 5) is 11.8. The van der Waals surface area contributed by atoms with Crippen molar-refractivity contribution in [3.05, 3.63) is 52.5 Å². The Morgan fingerprint density at radius 3 is 2.60 bits per heavy atom. The number of methoxy groups -OCH3 is 2. The zero-order chi connectivity index (χ0) is 18.2. The van der Waals surface area contributed by atoms with E-state index in [0.29, 0.717) is 22.3 Å². The Hall–Kier alpha value is -2.73. The fourth-order valence-corrected chi connectivity index (χ4v) is 2.12. The zero-order valence-corrected chi connectivity index (χ0v) is 15.0. The number of aryl methyl sites for hydroxylation is 1. The maximum atomic E-state index is 11.8. The number of rotatable bonds is 7. The molecule has 0 radical (unpaired) electrons. The molecule has 0 bridgehead atoms. The Kier molecular flexibility index (Phi) is 6.65. The molecule has 0 saturated carbocycles. The smallest absolute Gasteiger partial charge is 0.277 e. The van der Waals surface area contributed by atoms with Gasteiger partial charge in [0.05, 0.1) is 20.4 Å². The van der Waals surface area contributed by atoms with Crippen LogP contribution in [0.25, 0.3) is 0 Å². The van der Waals surface area contributed by atoms with Crippen LogP contribution in [0.5, 0.6) is 17.2 Å². The summed E-state index contributed by atoms with van der Waals surface area (Å²) in [6.45, 7) is 1.72. The predicted octanol–water partition coefficient (Wildman–Crippen LogP) is 3.19. The van der Waals surface area contributed by atoms with Gasteiger partial charge in [-0.3, -0.25) is 4.79 Å². The zero-order valence-electron chi connectivity index (χ0n) is 14.2. The van der Waals surface area contributed by atoms with Crippen molar-refractivity contribution >= 4 is 23.7 Å². The van der Waals surface area contributed by atoms with Gasteiger partial charge < -0.3 is 14.2 Å². The second-order valence-corrected chi connectivity index (χ2v) is 5.51. The number of amides is 1. The summed E-state index contributed by atoms with van der Waals surface area (Å²) in [6.07, 6.45) is 1.51.